The molecule has 0 spiro atoms. The van der Waals surface area contributed by atoms with Gasteiger partial charge in [-0.15, -0.1) is 0 Å². The topological polar surface area (TPSA) is 52.2 Å². The highest BCUT2D eigenvalue weighted by molar-refractivity contribution is 7.71. The lowest BCUT2D eigenvalue weighted by molar-refractivity contribution is 0.448. The molecule has 1 aromatic heterocycles. The molecule has 2 rings (SSSR count). The van der Waals surface area contributed by atoms with Gasteiger partial charge in [-0.2, -0.15) is 0 Å². The molecule has 0 aliphatic carbocycles. The minimum absolute atomic E-state index is 0.117. The monoisotopic (exact) mass is 247 g/mol. The van der Waals surface area contributed by atoms with Crippen LogP contribution in [0.25, 0.3) is 0 Å². The third kappa shape index (κ3) is 2.76. The summed E-state index contributed by atoms with van der Waals surface area (Å²) < 4.78 is 6.02. The van der Waals surface area contributed by atoms with Crippen molar-refractivity contribution in [1.82, 2.24) is 4.57 Å². The van der Waals surface area contributed by atoms with Crippen molar-refractivity contribution in [1.29, 1.82) is 0 Å². The van der Waals surface area contributed by atoms with E-state index >= 15 is 0 Å². The number of aromatic nitrogens is 1. The van der Waals surface area contributed by atoms with Crippen molar-refractivity contribution in [3.63, 3.8) is 0 Å². The van der Waals surface area contributed by atoms with Gasteiger partial charge in [0, 0.05) is 12.1 Å². The molecule has 0 saturated heterocycles. The summed E-state index contributed by atoms with van der Waals surface area (Å²) in [5.41, 5.74) is -0.0711. The highest BCUT2D eigenvalue weighted by Gasteiger charge is 2.00. The third-order valence-corrected chi connectivity index (χ3v) is 2.52. The molecule has 0 aliphatic rings. The van der Waals surface area contributed by atoms with Crippen LogP contribution in [0.5, 0.6) is 0 Å². The fourth-order valence-corrected chi connectivity index (χ4v) is 1.64. The van der Waals surface area contributed by atoms with Crippen LogP contribution in [0.1, 0.15) is 5.56 Å². The van der Waals surface area contributed by atoms with E-state index in [0.29, 0.717) is 0 Å². The maximum atomic E-state index is 11.7. The van der Waals surface area contributed by atoms with Crippen molar-refractivity contribution in [3.05, 3.63) is 73.6 Å². The van der Waals surface area contributed by atoms with Gasteiger partial charge in [0.1, 0.15) is 0 Å². The molecule has 0 fully saturated rings. The molecule has 0 radical (unpaired) electrons. The van der Waals surface area contributed by atoms with Gasteiger partial charge in [-0.1, -0.05) is 30.3 Å². The molecular weight excluding hydrogens is 238 g/mol. The van der Waals surface area contributed by atoms with Gasteiger partial charge in [0.15, 0.2) is 0 Å². The molecule has 0 amide bonds. The number of rotatable bonds is 2. The summed E-state index contributed by atoms with van der Waals surface area (Å²) in [6.45, 7) is 0.288. The Balaban J connectivity index is 2.55. The Bertz CT molecular complexity index is 688. The molecular formula is C12H9NO3S. The summed E-state index contributed by atoms with van der Waals surface area (Å²) in [5, 5.41) is 0. The summed E-state index contributed by atoms with van der Waals surface area (Å²) in [5.74, 6) is 0. The predicted octanol–water partition coefficient (Wildman–Crippen LogP) is 1.58. The molecule has 0 aliphatic heterocycles. The van der Waals surface area contributed by atoms with Crippen LogP contribution in [0.2, 0.25) is 0 Å². The molecule has 4 nitrogen and oxygen atoms in total. The molecule has 0 unspecified atom stereocenters. The van der Waals surface area contributed by atoms with Crippen molar-refractivity contribution in [2.45, 2.75) is 6.54 Å². The van der Waals surface area contributed by atoms with Crippen molar-refractivity contribution in [3.8, 4) is 0 Å². The zero-order chi connectivity index (χ0) is 12.3. The summed E-state index contributed by atoms with van der Waals surface area (Å²) in [4.78, 5) is 22.6. The number of hydrogen-bond donors (Lipinski definition) is 0. The Morgan fingerprint density at radius 3 is 2.47 bits per heavy atom. The lowest BCUT2D eigenvalue weighted by Gasteiger charge is -2.01. The van der Waals surface area contributed by atoms with Crippen molar-refractivity contribution in [2.24, 2.45) is 0 Å². The van der Waals surface area contributed by atoms with Crippen LogP contribution < -0.4 is 11.2 Å². The lowest BCUT2D eigenvalue weighted by Crippen LogP contribution is -2.17. The fourth-order valence-electron chi connectivity index (χ4n) is 1.40. The molecule has 1 heterocycles. The largest absolute Gasteiger partial charge is 0.395 e. The van der Waals surface area contributed by atoms with Gasteiger partial charge in [-0.25, -0.2) is 4.79 Å². The van der Waals surface area contributed by atoms with E-state index in [2.05, 4.69) is 0 Å². The summed E-state index contributed by atoms with van der Waals surface area (Å²) in [6.07, 6.45) is 0. The van der Waals surface area contributed by atoms with Gasteiger partial charge < -0.3 is 4.42 Å². The van der Waals surface area contributed by atoms with E-state index in [9.17, 15) is 9.59 Å². The van der Waals surface area contributed by atoms with Crippen LogP contribution in [0.3, 0.4) is 0 Å². The van der Waals surface area contributed by atoms with Gasteiger partial charge in [0.05, 0.1) is 6.54 Å². The van der Waals surface area contributed by atoms with E-state index < -0.39 is 5.63 Å². The van der Waals surface area contributed by atoms with E-state index in [1.165, 1.54) is 4.57 Å². The average Bonchev–Trinajstić information content (AvgIpc) is 2.44. The Morgan fingerprint density at radius 2 is 1.76 bits per heavy atom. The van der Waals surface area contributed by atoms with Gasteiger partial charge >= 0.3 is 5.63 Å². The van der Waals surface area contributed by atoms with E-state index in [4.69, 9.17) is 16.6 Å². The SMILES string of the molecule is O=c1ccc(=O)n(Cc2ccccc2)c(=S)o1. The third-order valence-electron chi connectivity index (χ3n) is 2.22. The van der Waals surface area contributed by atoms with Crippen LogP contribution in [0, 0.1) is 4.84 Å². The Hall–Kier alpha value is -2.01. The zero-order valence-electron chi connectivity index (χ0n) is 8.83. The molecule has 17 heavy (non-hydrogen) atoms. The Morgan fingerprint density at radius 1 is 1.06 bits per heavy atom. The minimum atomic E-state index is -0.626. The van der Waals surface area contributed by atoms with Crippen molar-refractivity contribution in [2.75, 3.05) is 0 Å². The van der Waals surface area contributed by atoms with Gasteiger partial charge in [-0.3, -0.25) is 9.36 Å². The summed E-state index contributed by atoms with van der Waals surface area (Å²) in [6, 6.07) is 11.6. The molecule has 0 atom stereocenters. The normalized spacial score (nSPS) is 10.1. The zero-order valence-corrected chi connectivity index (χ0v) is 9.65. The second-order valence-corrected chi connectivity index (χ2v) is 3.78. The number of nitrogens with zero attached hydrogens (tertiary/aromatic N) is 1. The Labute approximate surface area is 102 Å². The Kier molecular flexibility index (Phi) is 3.30. The van der Waals surface area contributed by atoms with Crippen LogP contribution >= 0.6 is 12.2 Å². The molecule has 0 N–H and O–H groups in total. The van der Waals surface area contributed by atoms with E-state index in [-0.39, 0.29) is 16.9 Å². The van der Waals surface area contributed by atoms with Crippen molar-refractivity contribution < 1.29 is 4.42 Å². The smallest absolute Gasteiger partial charge is 0.338 e. The number of hydrogen-bond acceptors (Lipinski definition) is 4. The quantitative estimate of drug-likeness (QED) is 0.756. The molecule has 5 heteroatoms. The highest BCUT2D eigenvalue weighted by Crippen LogP contribution is 2.00. The molecule has 2 aromatic rings. The second-order valence-electron chi connectivity index (χ2n) is 3.43. The standard InChI is InChI=1S/C12H9NO3S/c14-10-6-7-11(15)16-12(17)13(10)8-9-4-2-1-3-5-9/h1-7H,8H2. The van der Waals surface area contributed by atoms with E-state index in [0.717, 1.165) is 17.7 Å². The molecule has 0 bridgehead atoms. The van der Waals surface area contributed by atoms with E-state index in [1.54, 1.807) is 0 Å². The van der Waals surface area contributed by atoms with Gasteiger partial charge in [0.2, 0.25) is 0 Å². The summed E-state index contributed by atoms with van der Waals surface area (Å²) in [7, 11) is 0. The first-order valence-electron chi connectivity index (χ1n) is 4.96. The maximum absolute atomic E-state index is 11.7. The fraction of sp³-hybridized carbons (Fsp3) is 0.0833. The van der Waals surface area contributed by atoms with Crippen LogP contribution in [-0.2, 0) is 6.54 Å². The first-order chi connectivity index (χ1) is 8.16. The predicted molar refractivity (Wildman–Crippen MR) is 65.6 cm³/mol. The maximum Gasteiger partial charge on any atom is 0.338 e. The molecule has 1 aromatic carbocycles. The lowest BCUT2D eigenvalue weighted by atomic mass is 10.2. The van der Waals surface area contributed by atoms with Gasteiger partial charge in [0.25, 0.3) is 10.4 Å². The van der Waals surface area contributed by atoms with Crippen molar-refractivity contribution >= 4 is 12.2 Å². The van der Waals surface area contributed by atoms with E-state index in [1.807, 2.05) is 30.3 Å². The minimum Gasteiger partial charge on any atom is -0.395 e. The van der Waals surface area contributed by atoms with Crippen LogP contribution in [0.4, 0.5) is 0 Å². The molecule has 0 saturated carbocycles. The second kappa shape index (κ2) is 4.88. The average molecular weight is 247 g/mol. The first kappa shape index (κ1) is 11.5. The van der Waals surface area contributed by atoms with Crippen LogP contribution in [-0.4, -0.2) is 4.57 Å². The highest BCUT2D eigenvalue weighted by atomic mass is 32.1. The summed E-state index contributed by atoms with van der Waals surface area (Å²) >= 11 is 4.89. The number of benzene rings is 1. The molecule has 86 valence electrons. The van der Waals surface area contributed by atoms with Crippen LogP contribution in [0.15, 0.2) is 56.5 Å². The van der Waals surface area contributed by atoms with Gasteiger partial charge in [-0.05, 0) is 17.8 Å². The first-order valence-corrected chi connectivity index (χ1v) is 5.37.